The van der Waals surface area contributed by atoms with Gasteiger partial charge in [-0.25, -0.2) is 15.0 Å². The van der Waals surface area contributed by atoms with Gasteiger partial charge in [-0.2, -0.15) is 0 Å². The van der Waals surface area contributed by atoms with Gasteiger partial charge in [0.1, 0.15) is 18.5 Å². The van der Waals surface area contributed by atoms with Crippen LogP contribution in [0.5, 0.6) is 5.75 Å². The van der Waals surface area contributed by atoms with E-state index in [-0.39, 0.29) is 24.6 Å². The summed E-state index contributed by atoms with van der Waals surface area (Å²) in [6.45, 7) is 3.00. The molecule has 0 bridgehead atoms. The highest BCUT2D eigenvalue weighted by Crippen LogP contribution is 2.40. The zero-order chi connectivity index (χ0) is 28.0. The van der Waals surface area contributed by atoms with Crippen molar-refractivity contribution in [3.8, 4) is 17.0 Å². The van der Waals surface area contributed by atoms with E-state index in [0.717, 1.165) is 18.4 Å². The van der Waals surface area contributed by atoms with Crippen molar-refractivity contribution in [1.82, 2.24) is 19.5 Å². The van der Waals surface area contributed by atoms with Crippen LogP contribution in [0.4, 0.5) is 5.95 Å². The maximum Gasteiger partial charge on any atom is 0.229 e. The van der Waals surface area contributed by atoms with Crippen LogP contribution >= 0.6 is 23.2 Å². The van der Waals surface area contributed by atoms with Gasteiger partial charge in [-0.3, -0.25) is 10.1 Å². The molecule has 5 rings (SSSR count). The molecule has 9 nitrogen and oxygen atoms in total. The molecule has 2 unspecified atom stereocenters. The third kappa shape index (κ3) is 6.79. The van der Waals surface area contributed by atoms with Gasteiger partial charge in [0, 0.05) is 41.2 Å². The number of ether oxygens (including phenoxy) is 3. The normalized spacial score (nSPS) is 18.5. The standard InChI is InChI=1S/C29H29Cl2N5O4/c1-2-3-4-27(37)35-28-33-12-11-26(34-28)20-5-8-22(9-6-20)38-16-23-17-39-29(40-23,18-36-14-13-32-19-36)24-10-7-21(30)15-25(24)31/h5-15,19,23H,2-4,16-18H2,1H3,(H,33,34,35,37). The van der Waals surface area contributed by atoms with Crippen LogP contribution in [0.1, 0.15) is 31.7 Å². The van der Waals surface area contributed by atoms with E-state index in [4.69, 9.17) is 37.4 Å². The van der Waals surface area contributed by atoms with Crippen molar-refractivity contribution >= 4 is 35.1 Å². The fraction of sp³-hybridized carbons (Fsp3) is 0.310. The summed E-state index contributed by atoms with van der Waals surface area (Å²) in [4.78, 5) is 24.8. The number of unbranched alkanes of at least 4 members (excludes halogenated alkanes) is 1. The number of hydrogen-bond acceptors (Lipinski definition) is 7. The van der Waals surface area contributed by atoms with Crippen molar-refractivity contribution in [1.29, 1.82) is 0 Å². The number of rotatable bonds is 11. The van der Waals surface area contributed by atoms with Crippen molar-refractivity contribution in [3.05, 3.63) is 89.1 Å². The lowest BCUT2D eigenvalue weighted by atomic mass is 10.1. The average Bonchev–Trinajstić information content (AvgIpc) is 3.62. The number of amides is 1. The van der Waals surface area contributed by atoms with E-state index in [1.165, 1.54) is 0 Å². The number of anilines is 1. The minimum absolute atomic E-state index is 0.0896. The smallest absolute Gasteiger partial charge is 0.229 e. The van der Waals surface area contributed by atoms with Crippen LogP contribution in [0.2, 0.25) is 10.0 Å². The van der Waals surface area contributed by atoms with Gasteiger partial charge in [0.25, 0.3) is 0 Å². The summed E-state index contributed by atoms with van der Waals surface area (Å²) >= 11 is 12.7. The van der Waals surface area contributed by atoms with Gasteiger partial charge in [0.05, 0.1) is 30.2 Å². The molecule has 1 amide bonds. The molecule has 1 aliphatic rings. The largest absolute Gasteiger partial charge is 0.491 e. The molecule has 11 heteroatoms. The molecular weight excluding hydrogens is 553 g/mol. The Balaban J connectivity index is 1.23. The van der Waals surface area contributed by atoms with E-state index in [0.29, 0.717) is 46.6 Å². The highest BCUT2D eigenvalue weighted by molar-refractivity contribution is 6.35. The van der Waals surface area contributed by atoms with Crippen LogP contribution in [-0.4, -0.2) is 44.7 Å². The van der Waals surface area contributed by atoms with Crippen molar-refractivity contribution < 1.29 is 19.0 Å². The lowest BCUT2D eigenvalue weighted by molar-refractivity contribution is -0.189. The number of aromatic nitrogens is 4. The summed E-state index contributed by atoms with van der Waals surface area (Å²) in [5.41, 5.74) is 2.25. The predicted molar refractivity (Wildman–Crippen MR) is 152 cm³/mol. The van der Waals surface area contributed by atoms with Crippen molar-refractivity contribution in [2.24, 2.45) is 0 Å². The number of carbonyl (C=O) groups is 1. The SMILES string of the molecule is CCCCC(=O)Nc1nccc(-c2ccc(OCC3COC(Cn4ccnc4)(c4ccc(Cl)cc4Cl)O3)cc2)n1. The molecular formula is C29H29Cl2N5O4. The first-order chi connectivity index (χ1) is 19.4. The van der Waals surface area contributed by atoms with Gasteiger partial charge in [0.15, 0.2) is 0 Å². The summed E-state index contributed by atoms with van der Waals surface area (Å²) in [7, 11) is 0. The number of nitrogens with one attached hydrogen (secondary N) is 1. The van der Waals surface area contributed by atoms with E-state index < -0.39 is 5.79 Å². The monoisotopic (exact) mass is 581 g/mol. The predicted octanol–water partition coefficient (Wildman–Crippen LogP) is 6.12. The second-order valence-corrected chi connectivity index (χ2v) is 10.3. The molecule has 2 atom stereocenters. The van der Waals surface area contributed by atoms with Gasteiger partial charge in [-0.1, -0.05) is 42.6 Å². The van der Waals surface area contributed by atoms with E-state index in [2.05, 4.69) is 20.3 Å². The first-order valence-corrected chi connectivity index (χ1v) is 13.8. The number of imidazole rings is 1. The van der Waals surface area contributed by atoms with E-state index in [1.54, 1.807) is 36.9 Å². The number of carbonyl (C=O) groups excluding carboxylic acids is 1. The van der Waals surface area contributed by atoms with Crippen molar-refractivity contribution in [3.63, 3.8) is 0 Å². The molecule has 1 N–H and O–H groups in total. The molecule has 1 aliphatic heterocycles. The zero-order valence-corrected chi connectivity index (χ0v) is 23.4. The van der Waals surface area contributed by atoms with Gasteiger partial charge in [0.2, 0.25) is 17.6 Å². The Hall–Kier alpha value is -3.50. The maximum atomic E-state index is 12.0. The van der Waals surface area contributed by atoms with E-state index >= 15 is 0 Å². The summed E-state index contributed by atoms with van der Waals surface area (Å²) in [6, 6.07) is 14.6. The Bertz CT molecular complexity index is 1430. The number of nitrogens with zero attached hydrogens (tertiary/aromatic N) is 4. The second kappa shape index (κ2) is 12.8. The van der Waals surface area contributed by atoms with Crippen molar-refractivity contribution in [2.45, 2.75) is 44.6 Å². The minimum atomic E-state index is -1.11. The third-order valence-corrected chi connectivity index (χ3v) is 6.95. The lowest BCUT2D eigenvalue weighted by Gasteiger charge is -2.30. The molecule has 0 radical (unpaired) electrons. The Morgan fingerprint density at radius 3 is 2.77 bits per heavy atom. The summed E-state index contributed by atoms with van der Waals surface area (Å²) in [5, 5.41) is 3.74. The number of halogens is 2. The first kappa shape index (κ1) is 28.0. The molecule has 40 heavy (non-hydrogen) atoms. The third-order valence-electron chi connectivity index (χ3n) is 6.40. The highest BCUT2D eigenvalue weighted by atomic mass is 35.5. The maximum absolute atomic E-state index is 12.0. The summed E-state index contributed by atoms with van der Waals surface area (Å²) < 4.78 is 20.6. The topological polar surface area (TPSA) is 100 Å². The number of hydrogen-bond donors (Lipinski definition) is 1. The second-order valence-electron chi connectivity index (χ2n) is 9.42. The van der Waals surface area contributed by atoms with Crippen LogP contribution in [-0.2, 0) is 26.6 Å². The Morgan fingerprint density at radius 1 is 1.18 bits per heavy atom. The van der Waals surface area contributed by atoms with Gasteiger partial charge < -0.3 is 18.8 Å². The Kier molecular flexibility index (Phi) is 8.96. The van der Waals surface area contributed by atoms with Crippen LogP contribution in [0.3, 0.4) is 0 Å². The average molecular weight is 582 g/mol. The Labute approximate surface area is 242 Å². The van der Waals surface area contributed by atoms with Crippen LogP contribution in [0.25, 0.3) is 11.3 Å². The quantitative estimate of drug-likeness (QED) is 0.227. The molecule has 0 spiro atoms. The number of benzene rings is 2. The molecule has 1 fully saturated rings. The lowest BCUT2D eigenvalue weighted by Crippen LogP contribution is -2.34. The van der Waals surface area contributed by atoms with E-state index in [9.17, 15) is 4.79 Å². The fourth-order valence-electron chi connectivity index (χ4n) is 4.39. The van der Waals surface area contributed by atoms with Crippen LogP contribution in [0, 0.1) is 0 Å². The molecule has 4 aromatic rings. The van der Waals surface area contributed by atoms with Crippen LogP contribution in [0.15, 0.2) is 73.4 Å². The summed E-state index contributed by atoms with van der Waals surface area (Å²) in [5.74, 6) is -0.242. The molecule has 0 aliphatic carbocycles. The molecule has 2 aromatic carbocycles. The fourth-order valence-corrected chi connectivity index (χ4v) is 4.94. The van der Waals surface area contributed by atoms with Gasteiger partial charge >= 0.3 is 0 Å². The van der Waals surface area contributed by atoms with Crippen LogP contribution < -0.4 is 10.1 Å². The zero-order valence-electron chi connectivity index (χ0n) is 21.9. The summed E-state index contributed by atoms with van der Waals surface area (Å²) in [6.07, 6.45) is 8.75. The molecule has 2 aromatic heterocycles. The molecule has 1 saturated heterocycles. The highest BCUT2D eigenvalue weighted by Gasteiger charge is 2.45. The minimum Gasteiger partial charge on any atom is -0.491 e. The molecule has 208 valence electrons. The van der Waals surface area contributed by atoms with Gasteiger partial charge in [-0.05, 0) is 48.9 Å². The molecule has 3 heterocycles. The van der Waals surface area contributed by atoms with E-state index in [1.807, 2.05) is 48.0 Å². The first-order valence-electron chi connectivity index (χ1n) is 13.0. The van der Waals surface area contributed by atoms with Crippen molar-refractivity contribution in [2.75, 3.05) is 18.5 Å². The Morgan fingerprint density at radius 2 is 2.02 bits per heavy atom. The molecule has 0 saturated carbocycles. The van der Waals surface area contributed by atoms with Gasteiger partial charge in [-0.15, -0.1) is 0 Å².